The van der Waals surface area contributed by atoms with Crippen molar-refractivity contribution in [1.29, 1.82) is 5.26 Å². The van der Waals surface area contributed by atoms with Crippen molar-refractivity contribution < 1.29 is 14.0 Å². The van der Waals surface area contributed by atoms with Crippen LogP contribution in [-0.2, 0) is 9.59 Å². The van der Waals surface area contributed by atoms with Gasteiger partial charge in [0.15, 0.2) is 0 Å². The lowest BCUT2D eigenvalue weighted by Gasteiger charge is -2.45. The Hall–Kier alpha value is -2.50. The molecule has 3 saturated heterocycles. The highest BCUT2D eigenvalue weighted by molar-refractivity contribution is 5.87. The van der Waals surface area contributed by atoms with Gasteiger partial charge in [0.25, 0.3) is 0 Å². The molecule has 1 aromatic carbocycles. The number of rotatable bonds is 5. The normalized spacial score (nSPS) is 27.6. The van der Waals surface area contributed by atoms with Gasteiger partial charge in [-0.15, -0.1) is 0 Å². The summed E-state index contributed by atoms with van der Waals surface area (Å²) >= 11 is 0. The van der Waals surface area contributed by atoms with E-state index in [4.69, 9.17) is 5.73 Å². The molecule has 0 aliphatic carbocycles. The molecule has 0 radical (unpaired) electrons. The second-order valence-electron chi connectivity index (χ2n) is 10.4. The summed E-state index contributed by atoms with van der Waals surface area (Å²) in [6, 6.07) is 7.01. The molecule has 1 aromatic rings. The molecule has 3 aliphatic rings. The Labute approximate surface area is 188 Å². The van der Waals surface area contributed by atoms with Gasteiger partial charge in [-0.2, -0.15) is 5.26 Å². The fourth-order valence-electron chi connectivity index (χ4n) is 5.66. The standard InChI is InChI=1S/C24H32FN5O2/c1-24(2,3)21(15-6-8-16(25)9-7-15)30-18-11-20(23(30)32)28(13-18)14-19(27)22(31)29-10-4-5-17(29)12-26/h6-9,17-21H,4-5,10-11,13-14,27H2,1-3H3/t17?,18?,19?,20-,21?/m0/s1. The number of hydrogen-bond acceptors (Lipinski definition) is 5. The number of nitriles is 1. The third-order valence-corrected chi connectivity index (χ3v) is 7.03. The van der Waals surface area contributed by atoms with E-state index >= 15 is 0 Å². The molecule has 0 spiro atoms. The van der Waals surface area contributed by atoms with E-state index in [1.807, 2.05) is 9.80 Å². The van der Waals surface area contributed by atoms with Gasteiger partial charge in [0.2, 0.25) is 11.8 Å². The van der Waals surface area contributed by atoms with Gasteiger partial charge in [-0.25, -0.2) is 4.39 Å². The van der Waals surface area contributed by atoms with Gasteiger partial charge in [0.1, 0.15) is 11.9 Å². The van der Waals surface area contributed by atoms with E-state index in [9.17, 15) is 19.2 Å². The number of carbonyl (C=O) groups excluding carboxylic acids is 2. The van der Waals surface area contributed by atoms with Gasteiger partial charge >= 0.3 is 0 Å². The Morgan fingerprint density at radius 3 is 2.59 bits per heavy atom. The molecule has 4 rings (SSSR count). The molecule has 2 bridgehead atoms. The number of halogens is 1. The summed E-state index contributed by atoms with van der Waals surface area (Å²) in [6.07, 6.45) is 2.21. The van der Waals surface area contributed by atoms with E-state index < -0.39 is 12.1 Å². The summed E-state index contributed by atoms with van der Waals surface area (Å²) in [5, 5.41) is 9.26. The molecule has 5 atom stereocenters. The topological polar surface area (TPSA) is 93.7 Å². The lowest BCUT2D eigenvalue weighted by molar-refractivity contribution is -0.143. The summed E-state index contributed by atoms with van der Waals surface area (Å²) < 4.78 is 13.5. The third kappa shape index (κ3) is 4.00. The van der Waals surface area contributed by atoms with E-state index in [0.29, 0.717) is 32.5 Å². The van der Waals surface area contributed by atoms with E-state index in [0.717, 1.165) is 12.0 Å². The van der Waals surface area contributed by atoms with Crippen molar-refractivity contribution in [2.24, 2.45) is 11.1 Å². The lowest BCUT2D eigenvalue weighted by atomic mass is 9.80. The molecule has 3 heterocycles. The SMILES string of the molecule is CC(C)(C)C(c1ccc(F)cc1)N1C(=O)[C@@H]2CC1CN2CC(N)C(=O)N1CCCC1C#N. The first-order valence-corrected chi connectivity index (χ1v) is 11.4. The number of nitrogens with two attached hydrogens (primary N) is 1. The molecule has 3 fully saturated rings. The molecule has 3 aliphatic heterocycles. The van der Waals surface area contributed by atoms with E-state index in [1.54, 1.807) is 17.0 Å². The first kappa shape index (κ1) is 22.7. The minimum Gasteiger partial charge on any atom is -0.329 e. The fourth-order valence-corrected chi connectivity index (χ4v) is 5.66. The smallest absolute Gasteiger partial charge is 0.241 e. The second kappa shape index (κ2) is 8.45. The van der Waals surface area contributed by atoms with Gasteiger partial charge in [-0.3, -0.25) is 14.5 Å². The zero-order valence-electron chi connectivity index (χ0n) is 19.0. The summed E-state index contributed by atoms with van der Waals surface area (Å²) in [4.78, 5) is 31.8. The van der Waals surface area contributed by atoms with Crippen LogP contribution < -0.4 is 5.73 Å². The number of benzene rings is 1. The van der Waals surface area contributed by atoms with Crippen LogP contribution in [0.5, 0.6) is 0 Å². The van der Waals surface area contributed by atoms with Crippen LogP contribution in [0.15, 0.2) is 24.3 Å². The Balaban J connectivity index is 1.47. The van der Waals surface area contributed by atoms with Crippen molar-refractivity contribution in [3.05, 3.63) is 35.6 Å². The van der Waals surface area contributed by atoms with Crippen molar-refractivity contribution in [2.45, 2.75) is 70.2 Å². The molecule has 32 heavy (non-hydrogen) atoms. The highest BCUT2D eigenvalue weighted by Gasteiger charge is 2.54. The predicted octanol–water partition coefficient (Wildman–Crippen LogP) is 2.04. The van der Waals surface area contributed by atoms with Gasteiger partial charge < -0.3 is 15.5 Å². The summed E-state index contributed by atoms with van der Waals surface area (Å²) in [7, 11) is 0. The van der Waals surface area contributed by atoms with Crippen LogP contribution in [0.1, 0.15) is 51.6 Å². The molecule has 2 N–H and O–H groups in total. The second-order valence-corrected chi connectivity index (χ2v) is 10.4. The maximum absolute atomic E-state index is 13.5. The van der Waals surface area contributed by atoms with Crippen LogP contribution in [-0.4, -0.2) is 70.3 Å². The number of likely N-dealkylation sites (tertiary alicyclic amines) is 3. The zero-order chi connectivity index (χ0) is 23.2. The number of amides is 2. The molecular weight excluding hydrogens is 409 g/mol. The molecule has 4 unspecified atom stereocenters. The number of carbonyl (C=O) groups is 2. The van der Waals surface area contributed by atoms with Crippen molar-refractivity contribution in [1.82, 2.24) is 14.7 Å². The Morgan fingerprint density at radius 1 is 1.31 bits per heavy atom. The molecule has 0 saturated carbocycles. The van der Waals surface area contributed by atoms with Crippen molar-refractivity contribution in [2.75, 3.05) is 19.6 Å². The quantitative estimate of drug-likeness (QED) is 0.755. The van der Waals surface area contributed by atoms with E-state index in [1.165, 1.54) is 12.1 Å². The van der Waals surface area contributed by atoms with Gasteiger partial charge in [-0.1, -0.05) is 32.9 Å². The maximum Gasteiger partial charge on any atom is 0.241 e. The van der Waals surface area contributed by atoms with E-state index in [-0.39, 0.29) is 41.2 Å². The number of fused-ring (bicyclic) bond motifs is 2. The van der Waals surface area contributed by atoms with Crippen LogP contribution in [0.2, 0.25) is 0 Å². The Bertz CT molecular complexity index is 922. The number of nitrogens with zero attached hydrogens (tertiary/aromatic N) is 4. The zero-order valence-corrected chi connectivity index (χ0v) is 19.0. The Morgan fingerprint density at radius 2 is 2.00 bits per heavy atom. The molecule has 8 heteroatoms. The van der Waals surface area contributed by atoms with Crippen molar-refractivity contribution in [3.63, 3.8) is 0 Å². The molecule has 172 valence electrons. The minimum absolute atomic E-state index is 0.0303. The number of piperazine rings is 1. The van der Waals surface area contributed by atoms with Crippen molar-refractivity contribution in [3.8, 4) is 6.07 Å². The summed E-state index contributed by atoms with van der Waals surface area (Å²) in [6.45, 7) is 7.81. The van der Waals surface area contributed by atoms with Gasteiger partial charge in [0, 0.05) is 25.7 Å². The molecular formula is C24H32FN5O2. The Kier molecular flexibility index (Phi) is 5.99. The molecule has 0 aromatic heterocycles. The summed E-state index contributed by atoms with van der Waals surface area (Å²) in [5.74, 6) is -0.460. The first-order valence-electron chi connectivity index (χ1n) is 11.4. The molecule has 7 nitrogen and oxygen atoms in total. The van der Waals surface area contributed by atoms with Gasteiger partial charge in [0.05, 0.1) is 24.2 Å². The van der Waals surface area contributed by atoms with E-state index in [2.05, 4.69) is 26.8 Å². The monoisotopic (exact) mass is 441 g/mol. The van der Waals surface area contributed by atoms with Crippen LogP contribution in [0.3, 0.4) is 0 Å². The van der Waals surface area contributed by atoms with Crippen LogP contribution in [0.25, 0.3) is 0 Å². The van der Waals surface area contributed by atoms with Gasteiger partial charge in [-0.05, 0) is 42.4 Å². The van der Waals surface area contributed by atoms with Crippen LogP contribution >= 0.6 is 0 Å². The minimum atomic E-state index is -0.750. The van der Waals surface area contributed by atoms with Crippen LogP contribution in [0.4, 0.5) is 4.39 Å². The molecule has 2 amide bonds. The van der Waals surface area contributed by atoms with Crippen molar-refractivity contribution >= 4 is 11.8 Å². The predicted molar refractivity (Wildman–Crippen MR) is 118 cm³/mol. The third-order valence-electron chi connectivity index (χ3n) is 7.03. The average Bonchev–Trinajstić information content (AvgIpc) is 3.44. The highest BCUT2D eigenvalue weighted by Crippen LogP contribution is 2.45. The summed E-state index contributed by atoms with van der Waals surface area (Å²) in [5.41, 5.74) is 6.94. The highest BCUT2D eigenvalue weighted by atomic mass is 19.1. The largest absolute Gasteiger partial charge is 0.329 e. The van der Waals surface area contributed by atoms with Crippen LogP contribution in [0, 0.1) is 22.6 Å². The first-order chi connectivity index (χ1) is 15.1. The fraction of sp³-hybridized carbons (Fsp3) is 0.625. The lowest BCUT2D eigenvalue weighted by Crippen LogP contribution is -2.57. The number of hydrogen-bond donors (Lipinski definition) is 1. The average molecular weight is 442 g/mol. The maximum atomic E-state index is 13.5.